The predicted octanol–water partition coefficient (Wildman–Crippen LogP) is 9.71. The minimum absolute atomic E-state index is 0.292. The molecule has 56 heavy (non-hydrogen) atoms. The van der Waals surface area contributed by atoms with Gasteiger partial charge in [-0.2, -0.15) is 5.10 Å². The average Bonchev–Trinajstić information content (AvgIpc) is 3.66. The number of ether oxygens (including phenoxy) is 5. The first-order valence-corrected chi connectivity index (χ1v) is 20.5. The second-order valence-electron chi connectivity index (χ2n) is 13.8. The van der Waals surface area contributed by atoms with Crippen molar-refractivity contribution < 1.29 is 38.1 Å². The molecule has 4 aromatic rings. The Bertz CT molecular complexity index is 1870. The molecule has 0 saturated heterocycles. The number of fused-ring (bicyclic) bond motifs is 1. The van der Waals surface area contributed by atoms with Gasteiger partial charge in [-0.05, 0) is 112 Å². The van der Waals surface area contributed by atoms with E-state index in [-0.39, 0.29) is 23.8 Å². The number of carbonyl (C=O) groups excluding carboxylic acids is 3. The number of hydrazone groups is 1. The number of carbonyl (C=O) groups is 3. The van der Waals surface area contributed by atoms with Gasteiger partial charge in [-0.1, -0.05) is 56.2 Å². The van der Waals surface area contributed by atoms with Crippen LogP contribution in [0.4, 0.5) is 5.13 Å². The van der Waals surface area contributed by atoms with E-state index in [4.69, 9.17) is 33.8 Å². The fourth-order valence-corrected chi connectivity index (χ4v) is 7.37. The number of rotatable bonds is 22. The Kier molecular flexibility index (Phi) is 16.7. The van der Waals surface area contributed by atoms with Crippen LogP contribution in [0, 0.1) is 11.8 Å². The molecule has 0 unspecified atom stereocenters. The first kappa shape index (κ1) is 41.9. The van der Waals surface area contributed by atoms with Crippen molar-refractivity contribution in [2.45, 2.75) is 84.0 Å². The summed E-state index contributed by atoms with van der Waals surface area (Å²) in [6.07, 6.45) is 13.0. The van der Waals surface area contributed by atoms with Crippen LogP contribution in [-0.2, 0) is 19.1 Å². The fourth-order valence-electron chi connectivity index (χ4n) is 6.42. The predicted molar refractivity (Wildman–Crippen MR) is 220 cm³/mol. The maximum absolute atomic E-state index is 13.3. The molecule has 298 valence electrons. The summed E-state index contributed by atoms with van der Waals surface area (Å²) in [5.74, 6) is 0.550. The highest BCUT2D eigenvalue weighted by atomic mass is 32.1. The monoisotopic (exact) mass is 783 g/mol. The molecule has 1 aromatic heterocycles. The quantitative estimate of drug-likeness (QED) is 0.0190. The molecule has 11 nitrogen and oxygen atoms in total. The van der Waals surface area contributed by atoms with Crippen molar-refractivity contribution in [2.75, 3.05) is 31.9 Å². The van der Waals surface area contributed by atoms with E-state index in [1.165, 1.54) is 12.5 Å². The number of benzene rings is 3. The summed E-state index contributed by atoms with van der Waals surface area (Å²) in [7, 11) is 1.60. The zero-order chi connectivity index (χ0) is 39.5. The summed E-state index contributed by atoms with van der Waals surface area (Å²) in [6, 6.07) is 20.4. The zero-order valence-corrected chi connectivity index (χ0v) is 33.3. The third-order valence-electron chi connectivity index (χ3n) is 9.64. The molecule has 0 spiro atoms. The second kappa shape index (κ2) is 22.4. The van der Waals surface area contributed by atoms with Crippen LogP contribution in [0.2, 0.25) is 0 Å². The van der Waals surface area contributed by atoms with E-state index in [1.54, 1.807) is 67.1 Å². The molecule has 0 bridgehead atoms. The fraction of sp³-hybridized carbons (Fsp3) is 0.432. The zero-order valence-electron chi connectivity index (χ0n) is 32.5. The molecule has 3 aromatic carbocycles. The van der Waals surface area contributed by atoms with Crippen molar-refractivity contribution in [2.24, 2.45) is 16.9 Å². The number of thiazole rings is 1. The summed E-state index contributed by atoms with van der Waals surface area (Å²) in [5.41, 5.74) is 1.62. The van der Waals surface area contributed by atoms with Gasteiger partial charge < -0.3 is 23.7 Å². The van der Waals surface area contributed by atoms with E-state index in [2.05, 4.69) is 19.6 Å². The molecule has 1 heterocycles. The van der Waals surface area contributed by atoms with Crippen molar-refractivity contribution in [3.63, 3.8) is 0 Å². The van der Waals surface area contributed by atoms with Gasteiger partial charge in [0.2, 0.25) is 5.13 Å². The van der Waals surface area contributed by atoms with Crippen LogP contribution in [0.5, 0.6) is 23.0 Å². The smallest absolute Gasteiger partial charge is 0.330 e. The molecule has 0 aliphatic heterocycles. The van der Waals surface area contributed by atoms with E-state index in [0.717, 1.165) is 66.8 Å². The number of para-hydroxylation sites is 1. The summed E-state index contributed by atoms with van der Waals surface area (Å²) < 4.78 is 29.0. The van der Waals surface area contributed by atoms with Gasteiger partial charge in [-0.15, -0.1) is 0 Å². The normalized spacial score (nSPS) is 15.3. The SMILES string of the molecule is C=CC(=O)OCCCCCCOc1ccc(OC(=O)C2CCC(C(=O)Oc3ccc(OC)c(/C=N/N(CCCCCC)c4nc5ccccc5s4)c3)CC2)cc1. The van der Waals surface area contributed by atoms with Crippen molar-refractivity contribution in [1.82, 2.24) is 4.98 Å². The Labute approximate surface area is 333 Å². The van der Waals surface area contributed by atoms with Gasteiger partial charge in [0.15, 0.2) is 0 Å². The average molecular weight is 784 g/mol. The lowest BCUT2D eigenvalue weighted by Crippen LogP contribution is -2.30. The number of hydrogen-bond donors (Lipinski definition) is 0. The summed E-state index contributed by atoms with van der Waals surface area (Å²) >= 11 is 1.61. The lowest BCUT2D eigenvalue weighted by atomic mass is 9.82. The highest BCUT2D eigenvalue weighted by Gasteiger charge is 2.32. The number of anilines is 1. The van der Waals surface area contributed by atoms with E-state index in [9.17, 15) is 14.4 Å². The van der Waals surface area contributed by atoms with Crippen LogP contribution in [0.15, 0.2) is 84.5 Å². The largest absolute Gasteiger partial charge is 0.496 e. The summed E-state index contributed by atoms with van der Waals surface area (Å²) in [6.45, 7) is 7.26. The molecular weight excluding hydrogens is 731 g/mol. The Hall–Kier alpha value is -5.23. The number of aromatic nitrogens is 1. The number of methoxy groups -OCH3 is 1. The maximum Gasteiger partial charge on any atom is 0.330 e. The van der Waals surface area contributed by atoms with Crippen molar-refractivity contribution in [3.05, 3.63) is 84.9 Å². The van der Waals surface area contributed by atoms with Crippen LogP contribution >= 0.6 is 11.3 Å². The summed E-state index contributed by atoms with van der Waals surface area (Å²) in [5, 5.41) is 7.60. The van der Waals surface area contributed by atoms with E-state index < -0.39 is 5.97 Å². The Morgan fingerprint density at radius 2 is 1.46 bits per heavy atom. The van der Waals surface area contributed by atoms with Crippen LogP contribution in [0.25, 0.3) is 10.2 Å². The van der Waals surface area contributed by atoms with E-state index in [1.807, 2.05) is 23.2 Å². The molecule has 0 atom stereocenters. The van der Waals surface area contributed by atoms with Crippen LogP contribution < -0.4 is 24.0 Å². The number of esters is 3. The van der Waals surface area contributed by atoms with E-state index >= 15 is 0 Å². The van der Waals surface area contributed by atoms with Crippen LogP contribution in [0.1, 0.15) is 89.5 Å². The number of hydrogen-bond acceptors (Lipinski definition) is 12. The van der Waals surface area contributed by atoms with Gasteiger partial charge in [-0.3, -0.25) is 9.59 Å². The lowest BCUT2D eigenvalue weighted by Gasteiger charge is -2.25. The van der Waals surface area contributed by atoms with Crippen molar-refractivity contribution >= 4 is 50.8 Å². The Morgan fingerprint density at radius 1 is 0.821 bits per heavy atom. The van der Waals surface area contributed by atoms with E-state index in [0.29, 0.717) is 67.5 Å². The molecular formula is C44H53N3O8S. The molecule has 0 amide bonds. The molecule has 5 rings (SSSR count). The Balaban J connectivity index is 1.07. The van der Waals surface area contributed by atoms with Gasteiger partial charge in [0.25, 0.3) is 0 Å². The number of unbranched alkanes of at least 4 members (excludes halogenated alkanes) is 6. The molecule has 1 aliphatic carbocycles. The van der Waals surface area contributed by atoms with Crippen LogP contribution in [-0.4, -0.2) is 56.0 Å². The topological polar surface area (TPSA) is 126 Å². The van der Waals surface area contributed by atoms with Crippen molar-refractivity contribution in [3.8, 4) is 23.0 Å². The molecule has 1 saturated carbocycles. The van der Waals surface area contributed by atoms with Crippen molar-refractivity contribution in [1.29, 1.82) is 0 Å². The molecule has 1 aliphatic rings. The molecule has 1 fully saturated rings. The van der Waals surface area contributed by atoms with Gasteiger partial charge >= 0.3 is 17.9 Å². The van der Waals surface area contributed by atoms with Gasteiger partial charge in [0, 0.05) is 18.2 Å². The Morgan fingerprint density at radius 3 is 2.14 bits per heavy atom. The second-order valence-corrected chi connectivity index (χ2v) is 14.8. The first-order valence-electron chi connectivity index (χ1n) is 19.7. The standard InChI is InChI=1S/C44H53N3O8S/c1-4-6-7-12-27-47(44-46-38-15-10-11-16-40(38)56-44)45-31-34-30-37(25-26-39(34)51-3)55-43(50)33-19-17-32(18-20-33)42(49)54-36-23-21-35(22-24-36)52-28-13-8-9-14-29-53-41(48)5-2/h5,10-11,15-16,21-26,30-33H,2,4,6-9,12-14,17-20,27-29H2,1,3H3/b45-31+. The highest BCUT2D eigenvalue weighted by Crippen LogP contribution is 2.33. The van der Waals surface area contributed by atoms with Crippen LogP contribution in [0.3, 0.4) is 0 Å². The molecule has 0 N–H and O–H groups in total. The third-order valence-corrected chi connectivity index (χ3v) is 10.7. The highest BCUT2D eigenvalue weighted by molar-refractivity contribution is 7.22. The minimum Gasteiger partial charge on any atom is -0.496 e. The first-order chi connectivity index (χ1) is 27.4. The third kappa shape index (κ3) is 12.9. The molecule has 12 heteroatoms. The number of nitrogens with zero attached hydrogens (tertiary/aromatic N) is 3. The minimum atomic E-state index is -0.396. The van der Waals surface area contributed by atoms with Gasteiger partial charge in [0.1, 0.15) is 23.0 Å². The molecule has 0 radical (unpaired) electrons. The summed E-state index contributed by atoms with van der Waals surface area (Å²) in [4.78, 5) is 42.2. The lowest BCUT2D eigenvalue weighted by molar-refractivity contribution is -0.145. The van der Waals surface area contributed by atoms with Gasteiger partial charge in [-0.25, -0.2) is 14.8 Å². The maximum atomic E-state index is 13.3. The van der Waals surface area contributed by atoms with Gasteiger partial charge in [0.05, 0.1) is 48.6 Å².